The number of aliphatic hydroxyl groups excluding tert-OH is 1. The average molecular weight is 516 g/mol. The van der Waals surface area contributed by atoms with Crippen molar-refractivity contribution in [1.82, 2.24) is 19.6 Å². The number of nitrogens with zero attached hydrogens (tertiary/aromatic N) is 4. The highest BCUT2D eigenvalue weighted by Gasteiger charge is 2.18. The fraction of sp³-hybridized carbons (Fsp3) is 0.714. The summed E-state index contributed by atoms with van der Waals surface area (Å²) in [6.45, 7) is 6.95. The lowest BCUT2D eigenvalue weighted by Gasteiger charge is -2.33. The lowest BCUT2D eigenvalue weighted by Crippen LogP contribution is -2.47. The van der Waals surface area contributed by atoms with Gasteiger partial charge in [-0.3, -0.25) is 33.3 Å². The van der Waals surface area contributed by atoms with Crippen LogP contribution in [-0.4, -0.2) is 115 Å². The largest absolute Gasteiger partial charge is 0.389 e. The van der Waals surface area contributed by atoms with Crippen LogP contribution < -0.4 is 0 Å². The molecule has 0 amide bonds. The standard InChI is InChI=1S/C21H35N4O5P3/c26-21(16-30-15-20-4-2-1-3-5-20)14-22-6-8-23(17-31-27)10-12-25(19-33-29)13-11-24(9-7-22)18-32-28/h1-5,21,26H,6-19H2. The Kier molecular flexibility index (Phi) is 15.3. The minimum Gasteiger partial charge on any atom is -0.389 e. The summed E-state index contributed by atoms with van der Waals surface area (Å²) in [7, 11) is 0.235. The summed E-state index contributed by atoms with van der Waals surface area (Å²) in [6.07, 6.45) is 0.722. The summed E-state index contributed by atoms with van der Waals surface area (Å²) < 4.78 is 39.3. The number of aliphatic hydroxyl groups is 1. The summed E-state index contributed by atoms with van der Waals surface area (Å²) in [6, 6.07) is 9.88. The van der Waals surface area contributed by atoms with Crippen molar-refractivity contribution in [3.05, 3.63) is 35.9 Å². The molecule has 9 nitrogen and oxygen atoms in total. The van der Waals surface area contributed by atoms with Crippen molar-refractivity contribution in [2.24, 2.45) is 0 Å². The smallest absolute Gasteiger partial charge is 0.170 e. The van der Waals surface area contributed by atoms with E-state index in [9.17, 15) is 18.8 Å². The number of β-amino-alcohol motifs (C(OH)–C–C–N with tert-alkyl or cyclic N) is 1. The van der Waals surface area contributed by atoms with Gasteiger partial charge in [-0.2, -0.15) is 0 Å². The van der Waals surface area contributed by atoms with Gasteiger partial charge in [-0.25, -0.2) is 0 Å². The second kappa shape index (κ2) is 17.7. The monoisotopic (exact) mass is 516 g/mol. The first-order valence-corrected chi connectivity index (χ1v) is 14.2. The van der Waals surface area contributed by atoms with E-state index in [0.717, 1.165) is 44.8 Å². The Balaban J connectivity index is 1.93. The molecule has 1 fully saturated rings. The van der Waals surface area contributed by atoms with Crippen LogP contribution in [0.4, 0.5) is 0 Å². The van der Waals surface area contributed by atoms with Crippen LogP contribution in [0.15, 0.2) is 30.3 Å². The quantitative estimate of drug-likeness (QED) is 0.421. The van der Waals surface area contributed by atoms with Crippen molar-refractivity contribution in [2.75, 3.05) is 84.4 Å². The third-order valence-electron chi connectivity index (χ3n) is 5.59. The summed E-state index contributed by atoms with van der Waals surface area (Å²) in [5, 5.41) is 10.6. The molecule has 12 heteroatoms. The molecular weight excluding hydrogens is 481 g/mol. The molecule has 1 aromatic rings. The van der Waals surface area contributed by atoms with Crippen molar-refractivity contribution in [1.29, 1.82) is 0 Å². The van der Waals surface area contributed by atoms with Gasteiger partial charge < -0.3 is 9.84 Å². The number of hydrogen-bond donors (Lipinski definition) is 1. The van der Waals surface area contributed by atoms with E-state index < -0.39 is 6.10 Å². The predicted octanol–water partition coefficient (Wildman–Crippen LogP) is 2.53. The maximum absolute atomic E-state index is 11.2. The van der Waals surface area contributed by atoms with Gasteiger partial charge >= 0.3 is 0 Å². The third kappa shape index (κ3) is 12.5. The fourth-order valence-corrected chi connectivity index (χ4v) is 5.01. The highest BCUT2D eigenvalue weighted by atomic mass is 31.1. The van der Waals surface area contributed by atoms with Crippen LogP contribution in [0.1, 0.15) is 5.56 Å². The first-order valence-electron chi connectivity index (χ1n) is 11.2. The number of rotatable bonds is 12. The zero-order valence-electron chi connectivity index (χ0n) is 19.1. The Morgan fingerprint density at radius 1 is 0.727 bits per heavy atom. The molecule has 184 valence electrons. The third-order valence-corrected chi connectivity index (χ3v) is 7.14. The molecule has 2 rings (SSSR count). The molecule has 1 unspecified atom stereocenters. The van der Waals surface area contributed by atoms with Gasteiger partial charge in [0.25, 0.3) is 0 Å². The molecule has 0 saturated carbocycles. The summed E-state index contributed by atoms with van der Waals surface area (Å²) in [5.74, 6) is 0. The van der Waals surface area contributed by atoms with Gasteiger partial charge in [0.05, 0.1) is 38.2 Å². The molecular formula is C21H35N4O5P3. The highest BCUT2D eigenvalue weighted by molar-refractivity contribution is 7.23. The molecule has 1 atom stereocenters. The van der Waals surface area contributed by atoms with Crippen LogP contribution in [0.5, 0.6) is 0 Å². The SMILES string of the molecule is O=PCN1CCN(CP=O)CCN(CC(O)COCc2ccccc2)CCN(CP=O)CC1. The molecule has 0 bridgehead atoms. The van der Waals surface area contributed by atoms with Crippen molar-refractivity contribution >= 4 is 25.4 Å². The Hall–Kier alpha value is -0.720. The minimum atomic E-state index is -0.620. The Morgan fingerprint density at radius 3 is 1.58 bits per heavy atom. The van der Waals surface area contributed by atoms with E-state index in [2.05, 4.69) is 19.6 Å². The average Bonchev–Trinajstić information content (AvgIpc) is 2.81. The van der Waals surface area contributed by atoms with E-state index >= 15 is 0 Å². The van der Waals surface area contributed by atoms with Gasteiger partial charge in [0, 0.05) is 58.9 Å². The number of benzene rings is 1. The topological polar surface area (TPSA) is 93.6 Å². The number of hydrogen-bond acceptors (Lipinski definition) is 9. The maximum atomic E-state index is 11.2. The van der Waals surface area contributed by atoms with Crippen molar-refractivity contribution in [3.63, 3.8) is 0 Å². The molecule has 1 heterocycles. The van der Waals surface area contributed by atoms with Gasteiger partial charge in [-0.15, -0.1) is 0 Å². The van der Waals surface area contributed by atoms with Gasteiger partial charge in [0.2, 0.25) is 0 Å². The Morgan fingerprint density at radius 2 is 1.15 bits per heavy atom. The van der Waals surface area contributed by atoms with Crippen LogP contribution in [0.2, 0.25) is 0 Å². The van der Waals surface area contributed by atoms with Crippen LogP contribution >= 0.6 is 25.4 Å². The predicted molar refractivity (Wildman–Crippen MR) is 131 cm³/mol. The van der Waals surface area contributed by atoms with E-state index in [1.54, 1.807) is 0 Å². The van der Waals surface area contributed by atoms with Crippen LogP contribution in [0, 0.1) is 0 Å². The second-order valence-corrected chi connectivity index (χ2v) is 9.74. The van der Waals surface area contributed by atoms with E-state index in [-0.39, 0.29) is 32.0 Å². The van der Waals surface area contributed by atoms with Gasteiger partial charge in [0.1, 0.15) is 0 Å². The van der Waals surface area contributed by atoms with E-state index in [4.69, 9.17) is 4.74 Å². The molecule has 0 aliphatic carbocycles. The van der Waals surface area contributed by atoms with Gasteiger partial charge in [0.15, 0.2) is 25.4 Å². The lowest BCUT2D eigenvalue weighted by atomic mass is 10.2. The first-order chi connectivity index (χ1) is 16.1. The molecule has 33 heavy (non-hydrogen) atoms. The molecule has 0 radical (unpaired) electrons. The van der Waals surface area contributed by atoms with E-state index in [0.29, 0.717) is 45.1 Å². The summed E-state index contributed by atoms with van der Waals surface area (Å²) in [5.41, 5.74) is 1.07. The Bertz CT molecular complexity index is 665. The Labute approximate surface area is 201 Å². The highest BCUT2D eigenvalue weighted by Crippen LogP contribution is 2.08. The maximum Gasteiger partial charge on any atom is 0.170 e. The normalized spacial score (nSPS) is 20.0. The molecule has 1 N–H and O–H groups in total. The van der Waals surface area contributed by atoms with E-state index in [1.807, 2.05) is 30.3 Å². The molecule has 0 spiro atoms. The van der Waals surface area contributed by atoms with E-state index in [1.165, 1.54) is 0 Å². The van der Waals surface area contributed by atoms with Gasteiger partial charge in [-0.05, 0) is 5.56 Å². The van der Waals surface area contributed by atoms with Crippen LogP contribution in [0.25, 0.3) is 0 Å². The molecule has 0 aromatic heterocycles. The van der Waals surface area contributed by atoms with Crippen LogP contribution in [-0.2, 0) is 25.0 Å². The summed E-state index contributed by atoms with van der Waals surface area (Å²) >= 11 is 0. The summed E-state index contributed by atoms with van der Waals surface area (Å²) in [4.78, 5) is 8.56. The second-order valence-electron chi connectivity index (χ2n) is 8.12. The van der Waals surface area contributed by atoms with Crippen LogP contribution in [0.3, 0.4) is 0 Å². The molecule has 1 aromatic carbocycles. The zero-order valence-corrected chi connectivity index (χ0v) is 21.8. The molecule has 1 aliphatic rings. The molecule has 1 saturated heterocycles. The first kappa shape index (κ1) is 28.5. The van der Waals surface area contributed by atoms with Crippen molar-refractivity contribution in [3.8, 4) is 0 Å². The lowest BCUT2D eigenvalue weighted by molar-refractivity contribution is 0.00711. The van der Waals surface area contributed by atoms with Gasteiger partial charge in [-0.1, -0.05) is 30.3 Å². The fourth-order valence-electron chi connectivity index (χ4n) is 3.67. The zero-order chi connectivity index (χ0) is 23.7. The number of ether oxygens (including phenoxy) is 1. The van der Waals surface area contributed by atoms with Crippen molar-refractivity contribution in [2.45, 2.75) is 12.7 Å². The molecule has 1 aliphatic heterocycles. The van der Waals surface area contributed by atoms with Crippen molar-refractivity contribution < 1.29 is 23.5 Å². The minimum absolute atomic E-state index is 0.0774.